The van der Waals surface area contributed by atoms with Crippen LogP contribution in [0.25, 0.3) is 11.8 Å². The SMILES string of the molecule is COc1ccccc1[C@H]1C2=C(N=c3s/c(=C/c4cc(Br)ccc4OC(C)=O)c(=O)n31)c1ccccc1CC2. The van der Waals surface area contributed by atoms with Gasteiger partial charge in [0.1, 0.15) is 11.5 Å². The lowest BCUT2D eigenvalue weighted by Crippen LogP contribution is -2.39. The lowest BCUT2D eigenvalue weighted by Gasteiger charge is -2.31. The minimum absolute atomic E-state index is 0.149. The van der Waals surface area contributed by atoms with Crippen LogP contribution in [-0.4, -0.2) is 17.6 Å². The van der Waals surface area contributed by atoms with Gasteiger partial charge in [-0.15, -0.1) is 0 Å². The molecule has 8 heteroatoms. The number of aromatic nitrogens is 1. The Morgan fingerprint density at radius 2 is 1.87 bits per heavy atom. The number of fused-ring (bicyclic) bond motifs is 3. The molecule has 6 nitrogen and oxygen atoms in total. The van der Waals surface area contributed by atoms with Gasteiger partial charge in [-0.3, -0.25) is 14.2 Å². The average Bonchev–Trinajstić information content (AvgIpc) is 3.23. The van der Waals surface area contributed by atoms with Crippen LogP contribution >= 0.6 is 27.3 Å². The van der Waals surface area contributed by atoms with Crippen LogP contribution in [0.4, 0.5) is 0 Å². The molecule has 2 heterocycles. The third kappa shape index (κ3) is 4.23. The van der Waals surface area contributed by atoms with Gasteiger partial charge in [0.05, 0.1) is 23.4 Å². The average molecular weight is 587 g/mol. The molecule has 0 N–H and O–H groups in total. The first-order valence-electron chi connectivity index (χ1n) is 12.2. The molecule has 190 valence electrons. The number of carbonyl (C=O) groups is 1. The summed E-state index contributed by atoms with van der Waals surface area (Å²) >= 11 is 4.81. The van der Waals surface area contributed by atoms with E-state index in [-0.39, 0.29) is 11.6 Å². The predicted molar refractivity (Wildman–Crippen MR) is 151 cm³/mol. The van der Waals surface area contributed by atoms with Gasteiger partial charge in [-0.25, -0.2) is 4.99 Å². The second kappa shape index (κ2) is 9.85. The highest BCUT2D eigenvalue weighted by atomic mass is 79.9. The molecule has 1 atom stereocenters. The molecule has 0 radical (unpaired) electrons. The molecule has 1 aromatic heterocycles. The summed E-state index contributed by atoms with van der Waals surface area (Å²) in [4.78, 5) is 31.4. The quantitative estimate of drug-likeness (QED) is 0.249. The van der Waals surface area contributed by atoms with Crippen molar-refractivity contribution < 1.29 is 14.3 Å². The Morgan fingerprint density at radius 3 is 2.68 bits per heavy atom. The molecule has 6 rings (SSSR count). The number of nitrogens with zero attached hydrogens (tertiary/aromatic N) is 2. The third-order valence-electron chi connectivity index (χ3n) is 6.82. The van der Waals surface area contributed by atoms with Gasteiger partial charge in [0, 0.05) is 28.1 Å². The molecule has 0 unspecified atom stereocenters. The van der Waals surface area contributed by atoms with Gasteiger partial charge in [0.2, 0.25) is 0 Å². The zero-order chi connectivity index (χ0) is 26.4. The zero-order valence-corrected chi connectivity index (χ0v) is 23.1. The second-order valence-corrected chi connectivity index (χ2v) is 11.1. The van der Waals surface area contributed by atoms with Crippen molar-refractivity contribution in [2.45, 2.75) is 25.8 Å². The van der Waals surface area contributed by atoms with E-state index in [1.54, 1.807) is 29.9 Å². The Balaban J connectivity index is 1.63. The summed E-state index contributed by atoms with van der Waals surface area (Å²) in [5, 5.41) is 0. The molecule has 0 spiro atoms. The fraction of sp³-hybridized carbons (Fsp3) is 0.167. The van der Waals surface area contributed by atoms with Crippen molar-refractivity contribution in [3.8, 4) is 11.5 Å². The van der Waals surface area contributed by atoms with Crippen LogP contribution in [-0.2, 0) is 11.2 Å². The molecule has 0 saturated carbocycles. The van der Waals surface area contributed by atoms with Crippen LogP contribution in [0, 0.1) is 0 Å². The normalized spacial score (nSPS) is 16.3. The summed E-state index contributed by atoms with van der Waals surface area (Å²) in [7, 11) is 1.65. The van der Waals surface area contributed by atoms with Gasteiger partial charge < -0.3 is 9.47 Å². The van der Waals surface area contributed by atoms with E-state index in [1.807, 2.05) is 36.4 Å². The maximum atomic E-state index is 14.0. The fourth-order valence-corrected chi connectivity index (χ4v) is 6.58. The number of hydrogen-bond donors (Lipinski definition) is 0. The predicted octanol–water partition coefficient (Wildman–Crippen LogP) is 5.02. The van der Waals surface area contributed by atoms with E-state index in [1.165, 1.54) is 23.8 Å². The Hall–Kier alpha value is -3.75. The van der Waals surface area contributed by atoms with E-state index in [0.29, 0.717) is 20.6 Å². The number of benzene rings is 3. The molecule has 4 aromatic rings. The molecule has 0 saturated heterocycles. The van der Waals surface area contributed by atoms with Gasteiger partial charge in [-0.05, 0) is 54.3 Å². The standard InChI is InChI=1S/C30H23BrN2O4S/c1-17(34)37-24-14-12-20(31)15-19(24)16-26-29(35)33-28(22-9-5-6-10-25(22)36-2)23-13-11-18-7-3-4-8-21(18)27(23)32-30(33)38-26/h3-10,12,14-16,28H,11,13H2,1-2H3/b26-16+/t28-/m0/s1. The molecule has 38 heavy (non-hydrogen) atoms. The van der Waals surface area contributed by atoms with E-state index in [2.05, 4.69) is 34.1 Å². The second-order valence-electron chi connectivity index (χ2n) is 9.13. The molecule has 0 fully saturated rings. The molecule has 0 bridgehead atoms. The van der Waals surface area contributed by atoms with Crippen LogP contribution in [0.2, 0.25) is 0 Å². The van der Waals surface area contributed by atoms with Gasteiger partial charge in [-0.1, -0.05) is 69.7 Å². The minimum atomic E-state index is -0.425. The molecule has 3 aromatic carbocycles. The summed E-state index contributed by atoms with van der Waals surface area (Å²) in [6, 6.07) is 21.2. The Kier molecular flexibility index (Phi) is 6.37. The maximum Gasteiger partial charge on any atom is 0.308 e. The topological polar surface area (TPSA) is 69.9 Å². The van der Waals surface area contributed by atoms with Crippen molar-refractivity contribution in [1.82, 2.24) is 4.57 Å². The number of allylic oxidation sites excluding steroid dienone is 1. The largest absolute Gasteiger partial charge is 0.496 e. The maximum absolute atomic E-state index is 14.0. The van der Waals surface area contributed by atoms with Crippen LogP contribution in [0.15, 0.2) is 86.6 Å². The van der Waals surface area contributed by atoms with Gasteiger partial charge in [0.15, 0.2) is 4.80 Å². The summed E-state index contributed by atoms with van der Waals surface area (Å²) in [5.41, 5.74) is 5.80. The smallest absolute Gasteiger partial charge is 0.308 e. The van der Waals surface area contributed by atoms with Gasteiger partial charge in [-0.2, -0.15) is 0 Å². The third-order valence-corrected chi connectivity index (χ3v) is 8.29. The van der Waals surface area contributed by atoms with E-state index >= 15 is 0 Å². The molecule has 1 aliphatic carbocycles. The van der Waals surface area contributed by atoms with Crippen molar-refractivity contribution in [3.05, 3.63) is 119 Å². The molecular weight excluding hydrogens is 564 g/mol. The summed E-state index contributed by atoms with van der Waals surface area (Å²) < 4.78 is 14.2. The number of para-hydroxylation sites is 1. The van der Waals surface area contributed by atoms with Crippen molar-refractivity contribution in [3.63, 3.8) is 0 Å². The minimum Gasteiger partial charge on any atom is -0.496 e. The highest BCUT2D eigenvalue weighted by Crippen LogP contribution is 2.43. The number of halogens is 1. The first kappa shape index (κ1) is 24.6. The summed E-state index contributed by atoms with van der Waals surface area (Å²) in [6.07, 6.45) is 3.44. The van der Waals surface area contributed by atoms with E-state index in [0.717, 1.165) is 45.5 Å². The molecule has 2 aliphatic rings. The first-order valence-corrected chi connectivity index (χ1v) is 13.8. The molecule has 1 aliphatic heterocycles. The number of hydrogen-bond acceptors (Lipinski definition) is 6. The molecule has 0 amide bonds. The number of ether oxygens (including phenoxy) is 2. The monoisotopic (exact) mass is 586 g/mol. The van der Waals surface area contributed by atoms with Crippen LogP contribution < -0.4 is 24.4 Å². The van der Waals surface area contributed by atoms with Gasteiger partial charge >= 0.3 is 5.97 Å². The van der Waals surface area contributed by atoms with Crippen LogP contribution in [0.3, 0.4) is 0 Å². The van der Waals surface area contributed by atoms with Crippen LogP contribution in [0.1, 0.15) is 41.6 Å². The number of esters is 1. The zero-order valence-electron chi connectivity index (χ0n) is 20.7. The van der Waals surface area contributed by atoms with Crippen molar-refractivity contribution >= 4 is 45.0 Å². The van der Waals surface area contributed by atoms with Gasteiger partial charge in [0.25, 0.3) is 5.56 Å². The number of rotatable bonds is 4. The number of thiazole rings is 1. The number of aryl methyl sites for hydroxylation is 1. The van der Waals surface area contributed by atoms with E-state index in [4.69, 9.17) is 14.5 Å². The Labute approximate surface area is 231 Å². The van der Waals surface area contributed by atoms with Crippen molar-refractivity contribution in [2.24, 2.45) is 4.99 Å². The summed E-state index contributed by atoms with van der Waals surface area (Å²) in [6.45, 7) is 1.36. The van der Waals surface area contributed by atoms with Crippen molar-refractivity contribution in [1.29, 1.82) is 0 Å². The lowest BCUT2D eigenvalue weighted by molar-refractivity contribution is -0.131. The Bertz CT molecular complexity index is 1820. The lowest BCUT2D eigenvalue weighted by atomic mass is 9.83. The van der Waals surface area contributed by atoms with E-state index in [9.17, 15) is 9.59 Å². The Morgan fingerprint density at radius 1 is 1.08 bits per heavy atom. The summed E-state index contributed by atoms with van der Waals surface area (Å²) in [5.74, 6) is 0.691. The first-order chi connectivity index (χ1) is 18.4. The van der Waals surface area contributed by atoms with Crippen molar-refractivity contribution in [2.75, 3.05) is 7.11 Å². The highest BCUT2D eigenvalue weighted by molar-refractivity contribution is 9.10. The number of methoxy groups -OCH3 is 1. The van der Waals surface area contributed by atoms with E-state index < -0.39 is 5.97 Å². The fourth-order valence-electron chi connectivity index (χ4n) is 5.21. The number of carbonyl (C=O) groups excluding carboxylic acids is 1. The van der Waals surface area contributed by atoms with Crippen LogP contribution in [0.5, 0.6) is 11.5 Å². The highest BCUT2D eigenvalue weighted by Gasteiger charge is 2.34. The molecular formula is C30H23BrN2O4S.